The zero-order valence-corrected chi connectivity index (χ0v) is 11.7. The van der Waals surface area contributed by atoms with Crippen molar-refractivity contribution in [2.75, 3.05) is 0 Å². The minimum Gasteiger partial charge on any atom is -0.233 e. The third-order valence-electron chi connectivity index (χ3n) is 2.93. The first-order chi connectivity index (χ1) is 9.32. The average molecular weight is 301 g/mol. The second kappa shape index (κ2) is 5.40. The van der Waals surface area contributed by atoms with Crippen LogP contribution in [0, 0.1) is 6.92 Å². The van der Waals surface area contributed by atoms with Crippen LogP contribution < -0.4 is 0 Å². The van der Waals surface area contributed by atoms with E-state index in [-0.39, 0.29) is 0 Å². The summed E-state index contributed by atoms with van der Waals surface area (Å²) < 4.78 is 37.6. The number of hydrogen-bond donors (Lipinski definition) is 0. The molecular weight excluding hydrogens is 289 g/mol. The van der Waals surface area contributed by atoms with Gasteiger partial charge in [0.15, 0.2) is 0 Å². The zero-order valence-electron chi connectivity index (χ0n) is 10.9. The van der Waals surface area contributed by atoms with E-state index in [2.05, 4.69) is 9.97 Å². The van der Waals surface area contributed by atoms with Crippen molar-refractivity contribution in [3.05, 3.63) is 46.4 Å². The van der Waals surface area contributed by atoms with E-state index in [4.69, 9.17) is 11.6 Å². The molecule has 2 rings (SSSR count). The molecule has 0 fully saturated rings. The van der Waals surface area contributed by atoms with Crippen molar-refractivity contribution in [3.63, 3.8) is 0 Å². The maximum atomic E-state index is 12.5. The van der Waals surface area contributed by atoms with E-state index < -0.39 is 11.7 Å². The molecule has 0 radical (unpaired) electrons. The SMILES string of the molecule is CCc1nc(Cl)c(C)c(-c2ccc(C(F)(F)F)cc2)n1. The van der Waals surface area contributed by atoms with Gasteiger partial charge in [0.05, 0.1) is 11.3 Å². The summed E-state index contributed by atoms with van der Waals surface area (Å²) in [5.41, 5.74) is 1.13. The summed E-state index contributed by atoms with van der Waals surface area (Å²) in [6, 6.07) is 4.87. The third kappa shape index (κ3) is 2.93. The van der Waals surface area contributed by atoms with Crippen molar-refractivity contribution < 1.29 is 13.2 Å². The van der Waals surface area contributed by atoms with E-state index >= 15 is 0 Å². The van der Waals surface area contributed by atoms with Gasteiger partial charge in [0.1, 0.15) is 11.0 Å². The van der Waals surface area contributed by atoms with Gasteiger partial charge in [0.2, 0.25) is 0 Å². The predicted molar refractivity (Wildman–Crippen MR) is 71.6 cm³/mol. The predicted octanol–water partition coefficient (Wildman–Crippen LogP) is 4.69. The van der Waals surface area contributed by atoms with E-state index in [0.717, 1.165) is 12.1 Å². The molecule has 0 bridgehead atoms. The Kier molecular flexibility index (Phi) is 3.99. The van der Waals surface area contributed by atoms with Gasteiger partial charge in [-0.05, 0) is 19.1 Å². The molecule has 0 unspecified atom stereocenters. The summed E-state index contributed by atoms with van der Waals surface area (Å²) in [5, 5.41) is 0.326. The van der Waals surface area contributed by atoms with Crippen LogP contribution >= 0.6 is 11.6 Å². The first kappa shape index (κ1) is 14.8. The third-order valence-corrected chi connectivity index (χ3v) is 3.30. The lowest BCUT2D eigenvalue weighted by atomic mass is 10.1. The number of hydrogen-bond acceptors (Lipinski definition) is 2. The van der Waals surface area contributed by atoms with Crippen molar-refractivity contribution in [2.24, 2.45) is 0 Å². The summed E-state index contributed by atoms with van der Waals surface area (Å²) in [6.45, 7) is 3.63. The van der Waals surface area contributed by atoms with Crippen LogP contribution in [0.5, 0.6) is 0 Å². The Hall–Kier alpha value is -1.62. The van der Waals surface area contributed by atoms with E-state index in [1.54, 1.807) is 6.92 Å². The van der Waals surface area contributed by atoms with Crippen molar-refractivity contribution in [1.82, 2.24) is 9.97 Å². The lowest BCUT2D eigenvalue weighted by Gasteiger charge is -2.10. The Bertz CT molecular complexity index is 622. The molecule has 0 N–H and O–H groups in total. The largest absolute Gasteiger partial charge is 0.416 e. The Balaban J connectivity index is 2.49. The number of rotatable bonds is 2. The Labute approximate surface area is 119 Å². The fourth-order valence-electron chi connectivity index (χ4n) is 1.79. The number of halogens is 4. The van der Waals surface area contributed by atoms with Gasteiger partial charge in [-0.15, -0.1) is 0 Å². The lowest BCUT2D eigenvalue weighted by Crippen LogP contribution is -2.04. The van der Waals surface area contributed by atoms with Crippen LogP contribution in [0.15, 0.2) is 24.3 Å². The van der Waals surface area contributed by atoms with Crippen LogP contribution in [0.25, 0.3) is 11.3 Å². The lowest BCUT2D eigenvalue weighted by molar-refractivity contribution is -0.137. The molecule has 106 valence electrons. The summed E-state index contributed by atoms with van der Waals surface area (Å²) in [7, 11) is 0. The van der Waals surface area contributed by atoms with Gasteiger partial charge in [0, 0.05) is 17.5 Å². The molecule has 0 aliphatic carbocycles. The highest BCUT2D eigenvalue weighted by Crippen LogP contribution is 2.32. The molecule has 2 aromatic rings. The quantitative estimate of drug-likeness (QED) is 0.752. The molecule has 0 saturated heterocycles. The van der Waals surface area contributed by atoms with E-state index in [1.165, 1.54) is 12.1 Å². The molecular formula is C14H12ClF3N2. The normalized spacial score (nSPS) is 11.7. The maximum absolute atomic E-state index is 12.5. The maximum Gasteiger partial charge on any atom is 0.416 e. The minimum absolute atomic E-state index is 0.326. The van der Waals surface area contributed by atoms with Gasteiger partial charge in [0.25, 0.3) is 0 Å². The van der Waals surface area contributed by atoms with E-state index in [1.807, 2.05) is 6.92 Å². The zero-order chi connectivity index (χ0) is 14.9. The molecule has 1 heterocycles. The molecule has 0 atom stereocenters. The van der Waals surface area contributed by atoms with Gasteiger partial charge in [-0.2, -0.15) is 13.2 Å². The molecule has 2 nitrogen and oxygen atoms in total. The van der Waals surface area contributed by atoms with Gasteiger partial charge >= 0.3 is 6.18 Å². The van der Waals surface area contributed by atoms with Crippen molar-refractivity contribution in [1.29, 1.82) is 0 Å². The van der Waals surface area contributed by atoms with E-state index in [9.17, 15) is 13.2 Å². The number of aromatic nitrogens is 2. The Morgan fingerprint density at radius 1 is 1.10 bits per heavy atom. The van der Waals surface area contributed by atoms with Crippen LogP contribution in [0.4, 0.5) is 13.2 Å². The van der Waals surface area contributed by atoms with Crippen LogP contribution in [-0.4, -0.2) is 9.97 Å². The fourth-order valence-corrected chi connectivity index (χ4v) is 1.98. The summed E-state index contributed by atoms with van der Waals surface area (Å²) in [4.78, 5) is 8.45. The molecule has 0 aliphatic rings. The van der Waals surface area contributed by atoms with Crippen LogP contribution in [0.2, 0.25) is 5.15 Å². The standard InChI is InChI=1S/C14H12ClF3N2/c1-3-11-19-12(8(2)13(15)20-11)9-4-6-10(7-5-9)14(16,17)18/h4-7H,3H2,1-2H3. The van der Waals surface area contributed by atoms with Crippen LogP contribution in [-0.2, 0) is 12.6 Å². The second-order valence-electron chi connectivity index (χ2n) is 4.33. The van der Waals surface area contributed by atoms with E-state index in [0.29, 0.717) is 34.2 Å². The second-order valence-corrected chi connectivity index (χ2v) is 4.69. The van der Waals surface area contributed by atoms with Crippen LogP contribution in [0.3, 0.4) is 0 Å². The van der Waals surface area contributed by atoms with Crippen molar-refractivity contribution >= 4 is 11.6 Å². The highest BCUT2D eigenvalue weighted by atomic mass is 35.5. The highest BCUT2D eigenvalue weighted by molar-refractivity contribution is 6.30. The van der Waals surface area contributed by atoms with Crippen molar-refractivity contribution in [2.45, 2.75) is 26.4 Å². The van der Waals surface area contributed by atoms with Gasteiger partial charge in [-0.3, -0.25) is 0 Å². The first-order valence-corrected chi connectivity index (χ1v) is 6.41. The van der Waals surface area contributed by atoms with Gasteiger partial charge < -0.3 is 0 Å². The summed E-state index contributed by atoms with van der Waals surface area (Å²) in [5.74, 6) is 0.565. The minimum atomic E-state index is -4.34. The molecule has 20 heavy (non-hydrogen) atoms. The molecule has 1 aromatic carbocycles. The molecule has 0 saturated carbocycles. The fraction of sp³-hybridized carbons (Fsp3) is 0.286. The molecule has 6 heteroatoms. The average Bonchev–Trinajstić information content (AvgIpc) is 2.41. The number of alkyl halides is 3. The summed E-state index contributed by atoms with van der Waals surface area (Å²) in [6.07, 6.45) is -3.74. The number of nitrogens with zero attached hydrogens (tertiary/aromatic N) is 2. The number of aryl methyl sites for hydroxylation is 1. The smallest absolute Gasteiger partial charge is 0.233 e. The van der Waals surface area contributed by atoms with Gasteiger partial charge in [-0.1, -0.05) is 30.7 Å². The van der Waals surface area contributed by atoms with Crippen molar-refractivity contribution in [3.8, 4) is 11.3 Å². The monoisotopic (exact) mass is 300 g/mol. The molecule has 1 aromatic heterocycles. The molecule has 0 aliphatic heterocycles. The molecule has 0 spiro atoms. The number of benzene rings is 1. The van der Waals surface area contributed by atoms with Crippen LogP contribution in [0.1, 0.15) is 23.9 Å². The first-order valence-electron chi connectivity index (χ1n) is 6.03. The topological polar surface area (TPSA) is 25.8 Å². The Morgan fingerprint density at radius 3 is 2.20 bits per heavy atom. The highest BCUT2D eigenvalue weighted by Gasteiger charge is 2.30. The summed E-state index contributed by atoms with van der Waals surface area (Å²) >= 11 is 6.02. The molecule has 0 amide bonds. The van der Waals surface area contributed by atoms with Gasteiger partial charge in [-0.25, -0.2) is 9.97 Å². The Morgan fingerprint density at radius 2 is 1.70 bits per heavy atom.